The molecule has 2 atom stereocenters. The van der Waals surface area contributed by atoms with Gasteiger partial charge in [0.1, 0.15) is 18.9 Å². The highest BCUT2D eigenvalue weighted by atomic mass is 35.5. The van der Waals surface area contributed by atoms with Gasteiger partial charge in [0.2, 0.25) is 0 Å². The molecule has 0 aliphatic heterocycles. The number of carbonyl (C=O) groups is 2. The molecule has 0 radical (unpaired) electrons. The SMILES string of the molecule is CS(=O)(=O)c1cccc(C[C@H](NC(=O)c2c(Cl)cc(/C=C/P(=O)(c3cccc(O)c3)C3CC3)cc2Cl)C(=O)O)c1. The second-order valence-electron chi connectivity index (χ2n) is 9.62. The van der Waals surface area contributed by atoms with Gasteiger partial charge in [0, 0.05) is 23.6 Å². The summed E-state index contributed by atoms with van der Waals surface area (Å²) in [5.74, 6) is -0.518. The standard InChI is InChI=1S/C28H26Cl2NO7PS/c1-40(37,38)22-7-2-4-17(12-22)15-25(28(34)35)31-27(33)26-23(29)13-18(14-24(26)30)10-11-39(36,20-8-9-20)21-6-3-5-19(32)16-21/h2-7,10-14,16,20,25,32H,8-9,15H2,1H3,(H,31,33)(H,34,35)/b11-10+/t25-,39?/m0/s1. The zero-order valence-electron chi connectivity index (χ0n) is 21.3. The Balaban J connectivity index is 1.55. The van der Waals surface area contributed by atoms with E-state index in [1.807, 2.05) is 0 Å². The average molecular weight is 622 g/mol. The Hall–Kier alpha value is -3.10. The van der Waals surface area contributed by atoms with Crippen molar-refractivity contribution in [1.29, 1.82) is 0 Å². The summed E-state index contributed by atoms with van der Waals surface area (Å²) in [6.07, 6.45) is 4.09. The van der Waals surface area contributed by atoms with Gasteiger partial charge in [-0.1, -0.05) is 53.5 Å². The average Bonchev–Trinajstić information content (AvgIpc) is 3.72. The minimum absolute atomic E-state index is 0.0207. The number of phenols is 1. The molecule has 3 aromatic rings. The fourth-order valence-electron chi connectivity index (χ4n) is 4.26. The van der Waals surface area contributed by atoms with Crippen LogP contribution in [0.15, 0.2) is 71.4 Å². The number of nitrogens with one attached hydrogen (secondary N) is 1. The Morgan fingerprint density at radius 1 is 1.07 bits per heavy atom. The van der Waals surface area contributed by atoms with Crippen molar-refractivity contribution in [3.8, 4) is 5.75 Å². The lowest BCUT2D eigenvalue weighted by Gasteiger charge is -2.17. The molecule has 0 heterocycles. The molecule has 1 aliphatic rings. The van der Waals surface area contributed by atoms with Crippen molar-refractivity contribution in [2.45, 2.75) is 35.9 Å². The van der Waals surface area contributed by atoms with Gasteiger partial charge in [0.25, 0.3) is 5.91 Å². The van der Waals surface area contributed by atoms with Crippen LogP contribution < -0.4 is 10.6 Å². The molecule has 40 heavy (non-hydrogen) atoms. The summed E-state index contributed by atoms with van der Waals surface area (Å²) in [6.45, 7) is 0. The number of halogens is 2. The van der Waals surface area contributed by atoms with Gasteiger partial charge in [0.15, 0.2) is 9.84 Å². The molecule has 3 N–H and O–H groups in total. The van der Waals surface area contributed by atoms with Gasteiger partial charge in [-0.15, -0.1) is 0 Å². The zero-order chi connectivity index (χ0) is 29.2. The third-order valence-corrected chi connectivity index (χ3v) is 11.5. The molecule has 0 saturated heterocycles. The number of amides is 1. The van der Waals surface area contributed by atoms with E-state index in [0.29, 0.717) is 16.4 Å². The molecule has 4 rings (SSSR count). The fraction of sp³-hybridized carbons (Fsp3) is 0.214. The molecular formula is C28H26Cl2NO7PS. The largest absolute Gasteiger partial charge is 0.508 e. The summed E-state index contributed by atoms with van der Waals surface area (Å²) in [5, 5.41) is 22.4. The highest BCUT2D eigenvalue weighted by Gasteiger charge is 2.40. The molecule has 8 nitrogen and oxygen atoms in total. The van der Waals surface area contributed by atoms with E-state index in [0.717, 1.165) is 19.1 Å². The Kier molecular flexibility index (Phi) is 8.80. The predicted octanol–water partition coefficient (Wildman–Crippen LogP) is 5.35. The molecule has 1 aliphatic carbocycles. The van der Waals surface area contributed by atoms with E-state index in [9.17, 15) is 32.8 Å². The number of carboxylic acids is 1. The van der Waals surface area contributed by atoms with E-state index in [2.05, 4.69) is 5.32 Å². The molecule has 12 heteroatoms. The molecular weight excluding hydrogens is 596 g/mol. The van der Waals surface area contributed by atoms with Crippen LogP contribution in [0.4, 0.5) is 0 Å². The summed E-state index contributed by atoms with van der Waals surface area (Å²) < 4.78 is 37.5. The van der Waals surface area contributed by atoms with E-state index < -0.39 is 34.9 Å². The number of rotatable bonds is 10. The second kappa shape index (κ2) is 11.8. The molecule has 1 fully saturated rings. The number of hydrogen-bond acceptors (Lipinski definition) is 6. The van der Waals surface area contributed by atoms with Crippen molar-refractivity contribution in [2.75, 3.05) is 6.26 Å². The Morgan fingerprint density at radius 3 is 2.30 bits per heavy atom. The molecule has 210 valence electrons. The maximum atomic E-state index is 13.8. The van der Waals surface area contributed by atoms with Crippen molar-refractivity contribution < 1.29 is 32.8 Å². The lowest BCUT2D eigenvalue weighted by Crippen LogP contribution is -2.42. The zero-order valence-corrected chi connectivity index (χ0v) is 24.5. The number of hydrogen-bond donors (Lipinski definition) is 3. The van der Waals surface area contributed by atoms with Gasteiger partial charge in [0.05, 0.1) is 20.5 Å². The molecule has 3 aromatic carbocycles. The van der Waals surface area contributed by atoms with Crippen LogP contribution in [0.3, 0.4) is 0 Å². The molecule has 1 unspecified atom stereocenters. The van der Waals surface area contributed by atoms with Crippen LogP contribution in [0.25, 0.3) is 6.08 Å². The summed E-state index contributed by atoms with van der Waals surface area (Å²) in [7, 11) is -6.47. The highest BCUT2D eigenvalue weighted by Crippen LogP contribution is 2.61. The lowest BCUT2D eigenvalue weighted by atomic mass is 10.0. The lowest BCUT2D eigenvalue weighted by molar-refractivity contribution is -0.139. The minimum atomic E-state index is -3.50. The number of carbonyl (C=O) groups excluding carboxylic acids is 1. The first-order chi connectivity index (χ1) is 18.8. The first-order valence-electron chi connectivity index (χ1n) is 12.2. The Bertz CT molecular complexity index is 1650. The van der Waals surface area contributed by atoms with Crippen LogP contribution in [0, 0.1) is 0 Å². The topological polar surface area (TPSA) is 138 Å². The van der Waals surface area contributed by atoms with E-state index >= 15 is 0 Å². The first-order valence-corrected chi connectivity index (χ1v) is 16.7. The number of benzene rings is 3. The summed E-state index contributed by atoms with van der Waals surface area (Å²) >= 11 is 12.8. The van der Waals surface area contributed by atoms with Crippen molar-refractivity contribution in [3.05, 3.63) is 93.2 Å². The molecule has 0 spiro atoms. The maximum absolute atomic E-state index is 13.8. The van der Waals surface area contributed by atoms with Gasteiger partial charge in [-0.2, -0.15) is 0 Å². The third kappa shape index (κ3) is 6.96. The Morgan fingerprint density at radius 2 is 1.73 bits per heavy atom. The van der Waals surface area contributed by atoms with Gasteiger partial charge in [-0.3, -0.25) is 4.79 Å². The summed E-state index contributed by atoms with van der Waals surface area (Å²) in [6, 6.07) is 13.7. The van der Waals surface area contributed by atoms with Crippen LogP contribution in [0.5, 0.6) is 5.75 Å². The molecule has 1 saturated carbocycles. The fourth-order valence-corrected chi connectivity index (χ4v) is 8.43. The van der Waals surface area contributed by atoms with Crippen molar-refractivity contribution in [2.24, 2.45) is 0 Å². The van der Waals surface area contributed by atoms with Crippen LogP contribution in [-0.2, 0) is 25.6 Å². The number of carboxylic acid groups (broad SMARTS) is 1. The number of sulfone groups is 1. The van der Waals surface area contributed by atoms with Crippen LogP contribution in [0.1, 0.15) is 34.3 Å². The highest BCUT2D eigenvalue weighted by molar-refractivity contribution is 7.90. The minimum Gasteiger partial charge on any atom is -0.508 e. The van der Waals surface area contributed by atoms with E-state index in [1.54, 1.807) is 30.1 Å². The van der Waals surface area contributed by atoms with Gasteiger partial charge in [-0.25, -0.2) is 13.2 Å². The first kappa shape index (κ1) is 29.9. The van der Waals surface area contributed by atoms with Crippen LogP contribution in [-0.4, -0.2) is 48.5 Å². The quantitative estimate of drug-likeness (QED) is 0.259. The van der Waals surface area contributed by atoms with Crippen LogP contribution >= 0.6 is 30.3 Å². The second-order valence-corrected chi connectivity index (χ2v) is 15.4. The normalized spacial score (nSPS) is 15.9. The predicted molar refractivity (Wildman–Crippen MR) is 156 cm³/mol. The summed E-state index contributed by atoms with van der Waals surface area (Å²) in [4.78, 5) is 25.0. The van der Waals surface area contributed by atoms with Gasteiger partial charge < -0.3 is 20.1 Å². The van der Waals surface area contributed by atoms with Crippen LogP contribution in [0.2, 0.25) is 10.0 Å². The summed E-state index contributed by atoms with van der Waals surface area (Å²) in [5.41, 5.74) is 0.739. The molecule has 0 bridgehead atoms. The van der Waals surface area contributed by atoms with Gasteiger partial charge in [-0.05, 0) is 66.2 Å². The van der Waals surface area contributed by atoms with Crippen molar-refractivity contribution in [3.63, 3.8) is 0 Å². The number of phenolic OH excluding ortho intramolecular Hbond substituents is 1. The number of aliphatic carboxylic acids is 1. The molecule has 1 amide bonds. The number of aromatic hydroxyl groups is 1. The monoisotopic (exact) mass is 621 g/mol. The van der Waals surface area contributed by atoms with Crippen molar-refractivity contribution in [1.82, 2.24) is 5.32 Å². The van der Waals surface area contributed by atoms with E-state index in [1.165, 1.54) is 42.5 Å². The molecule has 0 aromatic heterocycles. The third-order valence-electron chi connectivity index (χ3n) is 6.47. The van der Waals surface area contributed by atoms with Crippen molar-refractivity contribution >= 4 is 63.4 Å². The Labute approximate surface area is 241 Å². The van der Waals surface area contributed by atoms with E-state index in [4.69, 9.17) is 23.2 Å². The van der Waals surface area contributed by atoms with Gasteiger partial charge >= 0.3 is 5.97 Å². The maximum Gasteiger partial charge on any atom is 0.326 e. The smallest absolute Gasteiger partial charge is 0.326 e. The van der Waals surface area contributed by atoms with E-state index in [-0.39, 0.29) is 38.3 Å².